The summed E-state index contributed by atoms with van der Waals surface area (Å²) >= 11 is 1.39. The number of nitrogens with zero attached hydrogens (tertiary/aromatic N) is 3. The molecular weight excluding hydrogens is 304 g/mol. The smallest absolute Gasteiger partial charge is 0.269 e. The zero-order valence-electron chi connectivity index (χ0n) is 12.7. The van der Waals surface area contributed by atoms with Crippen LogP contribution >= 0.6 is 11.8 Å². The highest BCUT2D eigenvalue weighted by Crippen LogP contribution is 2.25. The molecule has 1 aliphatic heterocycles. The van der Waals surface area contributed by atoms with Gasteiger partial charge in [-0.3, -0.25) is 20.3 Å². The van der Waals surface area contributed by atoms with Gasteiger partial charge in [-0.05, 0) is 26.1 Å². The number of likely N-dealkylation sites (N-methyl/N-ethyl adjacent to an activating group) is 1. The van der Waals surface area contributed by atoms with Crippen molar-refractivity contribution in [3.63, 3.8) is 0 Å². The Labute approximate surface area is 133 Å². The van der Waals surface area contributed by atoms with Crippen molar-refractivity contribution < 1.29 is 9.72 Å². The van der Waals surface area contributed by atoms with E-state index in [0.29, 0.717) is 0 Å². The maximum atomic E-state index is 12.2. The van der Waals surface area contributed by atoms with E-state index in [1.165, 1.54) is 23.9 Å². The van der Waals surface area contributed by atoms with Gasteiger partial charge in [-0.25, -0.2) is 5.01 Å². The van der Waals surface area contributed by atoms with Crippen LogP contribution in [0.3, 0.4) is 0 Å². The van der Waals surface area contributed by atoms with Gasteiger partial charge in [-0.1, -0.05) is 0 Å². The number of piperazine rings is 1. The van der Waals surface area contributed by atoms with E-state index in [2.05, 4.69) is 17.4 Å². The van der Waals surface area contributed by atoms with Crippen LogP contribution in [0.4, 0.5) is 5.69 Å². The van der Waals surface area contributed by atoms with Crippen LogP contribution in [0.15, 0.2) is 29.2 Å². The van der Waals surface area contributed by atoms with Gasteiger partial charge in [0.15, 0.2) is 0 Å². The number of hydrogen-bond donors (Lipinski definition) is 1. The lowest BCUT2D eigenvalue weighted by Crippen LogP contribution is -2.53. The lowest BCUT2D eigenvalue weighted by atomic mass is 10.3. The molecule has 0 saturated carbocycles. The standard InChI is InChI=1S/C14H20N4O3S/c1-11(14(19)15-17-9-7-16(2)8-10-17)22-13-5-3-12(4-6-13)18(20)21/h3-6,11H,7-10H2,1-2H3,(H,15,19)/t11-/m1/s1. The van der Waals surface area contributed by atoms with E-state index < -0.39 is 4.92 Å². The van der Waals surface area contributed by atoms with Gasteiger partial charge >= 0.3 is 0 Å². The quantitative estimate of drug-likeness (QED) is 0.500. The summed E-state index contributed by atoms with van der Waals surface area (Å²) in [7, 11) is 2.06. The van der Waals surface area contributed by atoms with Crippen LogP contribution in [-0.4, -0.2) is 59.2 Å². The molecule has 1 aliphatic rings. The Kier molecular flexibility index (Phi) is 5.76. The third kappa shape index (κ3) is 4.69. The summed E-state index contributed by atoms with van der Waals surface area (Å²) < 4.78 is 0. The summed E-state index contributed by atoms with van der Waals surface area (Å²) in [5.74, 6) is -0.0482. The maximum Gasteiger partial charge on any atom is 0.269 e. The molecule has 1 saturated heterocycles. The van der Waals surface area contributed by atoms with E-state index in [1.54, 1.807) is 12.1 Å². The van der Waals surface area contributed by atoms with Crippen molar-refractivity contribution in [2.45, 2.75) is 17.1 Å². The lowest BCUT2D eigenvalue weighted by molar-refractivity contribution is -0.384. The second-order valence-corrected chi connectivity index (χ2v) is 6.69. The molecule has 1 heterocycles. The first-order valence-corrected chi connectivity index (χ1v) is 7.99. The number of nitro groups is 1. The average Bonchev–Trinajstić information content (AvgIpc) is 2.50. The average molecular weight is 324 g/mol. The first kappa shape index (κ1) is 16.7. The van der Waals surface area contributed by atoms with Crippen molar-refractivity contribution in [1.29, 1.82) is 0 Å². The molecule has 0 radical (unpaired) electrons. The summed E-state index contributed by atoms with van der Waals surface area (Å²) in [4.78, 5) is 25.4. The number of benzene rings is 1. The van der Waals surface area contributed by atoms with E-state index in [1.807, 2.05) is 11.9 Å². The highest BCUT2D eigenvalue weighted by Gasteiger charge is 2.20. The predicted octanol–water partition coefficient (Wildman–Crippen LogP) is 1.35. The number of hydrogen-bond acceptors (Lipinski definition) is 6. The number of carbonyl (C=O) groups excluding carboxylic acids is 1. The van der Waals surface area contributed by atoms with Gasteiger partial charge in [-0.15, -0.1) is 11.8 Å². The van der Waals surface area contributed by atoms with Crippen molar-refractivity contribution in [2.75, 3.05) is 33.2 Å². The third-order valence-corrected chi connectivity index (χ3v) is 4.61. The fourth-order valence-corrected chi connectivity index (χ4v) is 2.93. The molecule has 1 atom stereocenters. The van der Waals surface area contributed by atoms with Crippen LogP contribution < -0.4 is 5.43 Å². The SMILES string of the molecule is C[C@@H](Sc1ccc([N+](=O)[O-])cc1)C(=O)NN1CCN(C)CC1. The Hall–Kier alpha value is -1.64. The van der Waals surface area contributed by atoms with Crippen LogP contribution in [0, 0.1) is 10.1 Å². The summed E-state index contributed by atoms with van der Waals surface area (Å²) in [5, 5.41) is 12.3. The molecule has 0 aliphatic carbocycles. The molecule has 1 N–H and O–H groups in total. The van der Waals surface area contributed by atoms with Crippen LogP contribution in [0.25, 0.3) is 0 Å². The summed E-state index contributed by atoms with van der Waals surface area (Å²) in [5.41, 5.74) is 2.98. The number of nitrogens with one attached hydrogen (secondary N) is 1. The number of non-ortho nitro benzene ring substituents is 1. The summed E-state index contributed by atoms with van der Waals surface area (Å²) in [6.45, 7) is 5.33. The van der Waals surface area contributed by atoms with Crippen LogP contribution in [0.5, 0.6) is 0 Å². The van der Waals surface area contributed by atoms with Gasteiger partial charge < -0.3 is 4.90 Å². The Balaban J connectivity index is 1.84. The van der Waals surface area contributed by atoms with Gasteiger partial charge in [0.1, 0.15) is 0 Å². The van der Waals surface area contributed by atoms with Gasteiger partial charge in [0.25, 0.3) is 5.69 Å². The monoisotopic (exact) mass is 324 g/mol. The minimum Gasteiger partial charge on any atom is -0.304 e. The predicted molar refractivity (Wildman–Crippen MR) is 85.6 cm³/mol. The molecule has 120 valence electrons. The second-order valence-electron chi connectivity index (χ2n) is 5.28. The number of carbonyl (C=O) groups is 1. The van der Waals surface area contributed by atoms with E-state index in [0.717, 1.165) is 31.1 Å². The van der Waals surface area contributed by atoms with Crippen molar-refractivity contribution in [3.8, 4) is 0 Å². The van der Waals surface area contributed by atoms with E-state index in [9.17, 15) is 14.9 Å². The largest absolute Gasteiger partial charge is 0.304 e. The normalized spacial score (nSPS) is 17.9. The molecule has 1 aromatic rings. The number of amides is 1. The molecule has 2 rings (SSSR count). The molecule has 0 bridgehead atoms. The molecule has 0 aromatic heterocycles. The molecule has 1 aromatic carbocycles. The Bertz CT molecular complexity index is 529. The molecule has 0 spiro atoms. The molecule has 7 nitrogen and oxygen atoms in total. The zero-order valence-corrected chi connectivity index (χ0v) is 13.5. The highest BCUT2D eigenvalue weighted by atomic mass is 32.2. The Morgan fingerprint density at radius 2 is 1.86 bits per heavy atom. The summed E-state index contributed by atoms with van der Waals surface area (Å²) in [6, 6.07) is 6.24. The van der Waals surface area contributed by atoms with Crippen LogP contribution in [-0.2, 0) is 4.79 Å². The van der Waals surface area contributed by atoms with E-state index in [-0.39, 0.29) is 16.8 Å². The third-order valence-electron chi connectivity index (χ3n) is 3.50. The van der Waals surface area contributed by atoms with Gasteiger partial charge in [0.05, 0.1) is 10.2 Å². The van der Waals surface area contributed by atoms with Crippen molar-refractivity contribution in [3.05, 3.63) is 34.4 Å². The molecular formula is C14H20N4O3S. The topological polar surface area (TPSA) is 78.7 Å². The summed E-state index contributed by atoms with van der Waals surface area (Å²) in [6.07, 6.45) is 0. The van der Waals surface area contributed by atoms with Gasteiger partial charge in [0.2, 0.25) is 5.91 Å². The van der Waals surface area contributed by atoms with E-state index in [4.69, 9.17) is 0 Å². The minimum absolute atomic E-state index is 0.0482. The first-order chi connectivity index (χ1) is 10.5. The van der Waals surface area contributed by atoms with Gasteiger partial charge in [-0.2, -0.15) is 0 Å². The number of nitro benzene ring substituents is 1. The maximum absolute atomic E-state index is 12.2. The minimum atomic E-state index is -0.433. The molecule has 1 fully saturated rings. The Morgan fingerprint density at radius 3 is 2.41 bits per heavy atom. The molecule has 8 heteroatoms. The van der Waals surface area contributed by atoms with Gasteiger partial charge in [0, 0.05) is 43.2 Å². The molecule has 0 unspecified atom stereocenters. The number of hydrazine groups is 1. The molecule has 1 amide bonds. The van der Waals surface area contributed by atoms with Crippen LogP contribution in [0.1, 0.15) is 6.92 Å². The zero-order chi connectivity index (χ0) is 16.1. The molecule has 22 heavy (non-hydrogen) atoms. The van der Waals surface area contributed by atoms with Crippen LogP contribution in [0.2, 0.25) is 0 Å². The number of thioether (sulfide) groups is 1. The van der Waals surface area contributed by atoms with Crippen molar-refractivity contribution in [2.24, 2.45) is 0 Å². The highest BCUT2D eigenvalue weighted by molar-refractivity contribution is 8.00. The first-order valence-electron chi connectivity index (χ1n) is 7.11. The fourth-order valence-electron chi connectivity index (χ4n) is 2.07. The fraction of sp³-hybridized carbons (Fsp3) is 0.500. The van der Waals surface area contributed by atoms with E-state index >= 15 is 0 Å². The van der Waals surface area contributed by atoms with Crippen molar-refractivity contribution >= 4 is 23.4 Å². The lowest BCUT2D eigenvalue weighted by Gasteiger charge is -2.32. The van der Waals surface area contributed by atoms with Crippen molar-refractivity contribution in [1.82, 2.24) is 15.3 Å². The second kappa shape index (κ2) is 7.57. The number of rotatable bonds is 5. The Morgan fingerprint density at radius 1 is 1.27 bits per heavy atom.